The highest BCUT2D eigenvalue weighted by Crippen LogP contribution is 2.30. The monoisotopic (exact) mass is 472 g/mol. The minimum atomic E-state index is -0.472. The average Bonchev–Trinajstić information content (AvgIpc) is 3.31. The molecule has 1 fully saturated rings. The summed E-state index contributed by atoms with van der Waals surface area (Å²) in [6, 6.07) is 15.7. The standard InChI is InChI=1S/C27H32N6O2/c28-19-20-5-6-22-17-26(30-24(22)16-20)33(27(29)34)10-2-1-9-31-11-13-32(14-12-31)23-8-7-21-4-3-15-35-25(21)18-23/h5-8,16-18,30H,1-4,9-15H2,(H2,29,34). The molecule has 0 radical (unpaired) electrons. The molecule has 0 aliphatic carbocycles. The van der Waals surface area contributed by atoms with E-state index in [1.807, 2.05) is 12.1 Å². The van der Waals surface area contributed by atoms with Gasteiger partial charge in [-0.25, -0.2) is 4.79 Å². The van der Waals surface area contributed by atoms with Crippen LogP contribution in [0.4, 0.5) is 16.3 Å². The van der Waals surface area contributed by atoms with E-state index in [1.165, 1.54) is 11.3 Å². The number of unbranched alkanes of at least 4 members (excludes halogenated alkanes) is 1. The van der Waals surface area contributed by atoms with Crippen LogP contribution >= 0.6 is 0 Å². The number of nitriles is 1. The van der Waals surface area contributed by atoms with E-state index in [-0.39, 0.29) is 0 Å². The molecule has 3 heterocycles. The lowest BCUT2D eigenvalue weighted by molar-refractivity contribution is 0.249. The second-order valence-corrected chi connectivity index (χ2v) is 9.34. The second-order valence-electron chi connectivity index (χ2n) is 9.34. The zero-order valence-electron chi connectivity index (χ0n) is 20.0. The number of aryl methyl sites for hydroxylation is 1. The third-order valence-corrected chi connectivity index (χ3v) is 7.04. The number of carbonyl (C=O) groups excluding carboxylic acids is 1. The molecule has 8 heteroatoms. The molecule has 0 bridgehead atoms. The number of nitrogens with two attached hydrogens (primary N) is 1. The van der Waals surface area contributed by atoms with Crippen LogP contribution in [0.5, 0.6) is 5.75 Å². The van der Waals surface area contributed by atoms with Gasteiger partial charge in [0.15, 0.2) is 0 Å². The topological polar surface area (TPSA) is 102 Å². The summed E-state index contributed by atoms with van der Waals surface area (Å²) in [4.78, 5) is 21.9. The van der Waals surface area contributed by atoms with E-state index in [0.29, 0.717) is 17.9 Å². The number of anilines is 2. The average molecular weight is 473 g/mol. The molecule has 8 nitrogen and oxygen atoms in total. The predicted molar refractivity (Wildman–Crippen MR) is 138 cm³/mol. The molecule has 5 rings (SSSR count). The summed E-state index contributed by atoms with van der Waals surface area (Å²) in [6.45, 7) is 6.45. The van der Waals surface area contributed by atoms with Gasteiger partial charge in [0.1, 0.15) is 11.6 Å². The highest BCUT2D eigenvalue weighted by atomic mass is 16.5. The first kappa shape index (κ1) is 23.1. The van der Waals surface area contributed by atoms with Crippen molar-refractivity contribution in [2.45, 2.75) is 25.7 Å². The molecule has 0 spiro atoms. The highest BCUT2D eigenvalue weighted by Gasteiger charge is 2.20. The van der Waals surface area contributed by atoms with Gasteiger partial charge in [0.2, 0.25) is 0 Å². The van der Waals surface area contributed by atoms with Crippen molar-refractivity contribution in [1.82, 2.24) is 9.88 Å². The number of piperazine rings is 1. The molecule has 2 aliphatic heterocycles. The minimum Gasteiger partial charge on any atom is -0.493 e. The summed E-state index contributed by atoms with van der Waals surface area (Å²) in [7, 11) is 0. The Hall–Kier alpha value is -3.70. The maximum atomic E-state index is 12.1. The molecule has 2 aromatic carbocycles. The van der Waals surface area contributed by atoms with Crippen LogP contribution in [-0.2, 0) is 6.42 Å². The molecular weight excluding hydrogens is 440 g/mol. The van der Waals surface area contributed by atoms with Crippen LogP contribution in [0.3, 0.4) is 0 Å². The first-order valence-electron chi connectivity index (χ1n) is 12.4. The van der Waals surface area contributed by atoms with Gasteiger partial charge in [-0.1, -0.05) is 12.1 Å². The summed E-state index contributed by atoms with van der Waals surface area (Å²) in [5.74, 6) is 1.72. The lowest BCUT2D eigenvalue weighted by atomic mass is 10.1. The van der Waals surface area contributed by atoms with E-state index in [2.05, 4.69) is 39.1 Å². The number of H-pyrrole nitrogens is 1. The number of aromatic amines is 1. The number of nitrogens with zero attached hydrogens (tertiary/aromatic N) is 4. The normalized spacial score (nSPS) is 15.9. The number of aromatic nitrogens is 1. The van der Waals surface area contributed by atoms with Gasteiger partial charge in [0.05, 0.1) is 18.2 Å². The maximum Gasteiger partial charge on any atom is 0.320 e. The molecule has 182 valence electrons. The third-order valence-electron chi connectivity index (χ3n) is 7.04. The number of hydrogen-bond donors (Lipinski definition) is 2. The number of benzene rings is 2. The Morgan fingerprint density at radius 2 is 1.97 bits per heavy atom. The minimum absolute atomic E-state index is 0.472. The van der Waals surface area contributed by atoms with Crippen LogP contribution in [0, 0.1) is 11.3 Å². The Balaban J connectivity index is 1.10. The number of nitrogens with one attached hydrogen (secondary N) is 1. The van der Waals surface area contributed by atoms with Crippen molar-refractivity contribution >= 4 is 28.4 Å². The van der Waals surface area contributed by atoms with Crippen molar-refractivity contribution in [3.63, 3.8) is 0 Å². The summed E-state index contributed by atoms with van der Waals surface area (Å²) in [5, 5.41) is 10.1. The van der Waals surface area contributed by atoms with Gasteiger partial charge in [-0.15, -0.1) is 0 Å². The van der Waals surface area contributed by atoms with Crippen LogP contribution in [0.15, 0.2) is 42.5 Å². The van der Waals surface area contributed by atoms with E-state index in [1.54, 1.807) is 17.0 Å². The highest BCUT2D eigenvalue weighted by molar-refractivity contribution is 5.94. The molecule has 3 aromatic rings. The summed E-state index contributed by atoms with van der Waals surface area (Å²) < 4.78 is 5.85. The van der Waals surface area contributed by atoms with E-state index < -0.39 is 6.03 Å². The molecule has 0 saturated carbocycles. The quantitative estimate of drug-likeness (QED) is 0.509. The predicted octanol–water partition coefficient (Wildman–Crippen LogP) is 3.85. The Morgan fingerprint density at radius 1 is 1.11 bits per heavy atom. The Labute approximate surface area is 205 Å². The van der Waals surface area contributed by atoms with Crippen LogP contribution in [0.25, 0.3) is 10.9 Å². The Morgan fingerprint density at radius 3 is 2.77 bits per heavy atom. The van der Waals surface area contributed by atoms with Crippen molar-refractivity contribution in [1.29, 1.82) is 5.26 Å². The molecular formula is C27H32N6O2. The van der Waals surface area contributed by atoms with Gasteiger partial charge < -0.3 is 20.4 Å². The van der Waals surface area contributed by atoms with E-state index >= 15 is 0 Å². The SMILES string of the molecule is N#Cc1ccc2cc(N(CCCCN3CCN(c4ccc5c(c4)OCCC5)CC3)C(N)=O)[nH]c2c1. The van der Waals surface area contributed by atoms with Crippen LogP contribution < -0.4 is 20.3 Å². The number of rotatable bonds is 7. The largest absolute Gasteiger partial charge is 0.493 e. The van der Waals surface area contributed by atoms with Crippen molar-refractivity contribution in [3.05, 3.63) is 53.6 Å². The van der Waals surface area contributed by atoms with Gasteiger partial charge in [0.25, 0.3) is 0 Å². The molecule has 35 heavy (non-hydrogen) atoms. The number of primary amides is 1. The molecule has 0 atom stereocenters. The first-order chi connectivity index (χ1) is 17.1. The van der Waals surface area contributed by atoms with E-state index in [4.69, 9.17) is 15.7 Å². The van der Waals surface area contributed by atoms with Gasteiger partial charge in [-0.05, 0) is 62.1 Å². The second kappa shape index (κ2) is 10.3. The van der Waals surface area contributed by atoms with Gasteiger partial charge in [0, 0.05) is 55.4 Å². The van der Waals surface area contributed by atoms with Gasteiger partial charge in [-0.2, -0.15) is 5.26 Å². The number of urea groups is 1. The van der Waals surface area contributed by atoms with Crippen molar-refractivity contribution < 1.29 is 9.53 Å². The van der Waals surface area contributed by atoms with E-state index in [9.17, 15) is 4.79 Å². The van der Waals surface area contributed by atoms with Crippen LogP contribution in [-0.4, -0.2) is 61.8 Å². The number of hydrogen-bond acceptors (Lipinski definition) is 5. The van der Waals surface area contributed by atoms with Gasteiger partial charge in [-0.3, -0.25) is 9.80 Å². The first-order valence-corrected chi connectivity index (χ1v) is 12.4. The zero-order valence-corrected chi connectivity index (χ0v) is 20.0. The fraction of sp³-hybridized carbons (Fsp3) is 0.407. The lowest BCUT2D eigenvalue weighted by Gasteiger charge is -2.36. The molecule has 0 unspecified atom stereocenters. The van der Waals surface area contributed by atoms with Crippen molar-refractivity contribution in [2.24, 2.45) is 5.73 Å². The lowest BCUT2D eigenvalue weighted by Crippen LogP contribution is -2.46. The number of amides is 2. The molecule has 1 aromatic heterocycles. The smallest absolute Gasteiger partial charge is 0.320 e. The fourth-order valence-corrected chi connectivity index (χ4v) is 5.04. The Kier molecular flexibility index (Phi) is 6.77. The molecule has 3 N–H and O–H groups in total. The summed E-state index contributed by atoms with van der Waals surface area (Å²) in [5.41, 5.74) is 9.66. The van der Waals surface area contributed by atoms with Crippen molar-refractivity contribution in [2.75, 3.05) is 55.7 Å². The Bertz CT molecular complexity index is 1240. The van der Waals surface area contributed by atoms with Crippen LogP contribution in [0.2, 0.25) is 0 Å². The van der Waals surface area contributed by atoms with Gasteiger partial charge >= 0.3 is 6.03 Å². The van der Waals surface area contributed by atoms with Crippen molar-refractivity contribution in [3.8, 4) is 11.8 Å². The fourth-order valence-electron chi connectivity index (χ4n) is 5.04. The summed E-state index contributed by atoms with van der Waals surface area (Å²) >= 11 is 0. The van der Waals surface area contributed by atoms with Crippen LogP contribution in [0.1, 0.15) is 30.4 Å². The van der Waals surface area contributed by atoms with E-state index in [0.717, 1.165) is 81.7 Å². The zero-order chi connectivity index (χ0) is 24.2. The number of ether oxygens (including phenoxy) is 1. The number of fused-ring (bicyclic) bond motifs is 2. The molecule has 2 amide bonds. The number of carbonyl (C=O) groups is 1. The molecule has 1 saturated heterocycles. The maximum absolute atomic E-state index is 12.1. The third kappa shape index (κ3) is 5.20. The summed E-state index contributed by atoms with van der Waals surface area (Å²) in [6.07, 6.45) is 4.07. The molecule has 2 aliphatic rings.